The normalized spacial score (nSPS) is 26.4. The Balaban J connectivity index is 2.18. The number of hydrogen-bond acceptors (Lipinski definition) is 3. The molecule has 0 aliphatic heterocycles. The molecule has 0 bridgehead atoms. The molecule has 1 fully saturated rings. The lowest BCUT2D eigenvalue weighted by Crippen LogP contribution is -2.37. The molecule has 3 unspecified atom stereocenters. The van der Waals surface area contributed by atoms with Crippen molar-refractivity contribution < 1.29 is 4.92 Å². The van der Waals surface area contributed by atoms with Gasteiger partial charge >= 0.3 is 0 Å². The van der Waals surface area contributed by atoms with Gasteiger partial charge in [0.05, 0.1) is 4.92 Å². The topological polar surface area (TPSA) is 69.2 Å². The number of halogens is 1. The molecular weight excluding hydrogens is 276 g/mol. The lowest BCUT2D eigenvalue weighted by atomic mass is 9.75. The smallest absolute Gasteiger partial charge is 0.274 e. The molecule has 1 aromatic carbocycles. The first-order chi connectivity index (χ1) is 9.51. The van der Waals surface area contributed by atoms with Gasteiger partial charge in [0.2, 0.25) is 0 Å². The molecule has 2 rings (SSSR count). The van der Waals surface area contributed by atoms with Crippen LogP contribution in [0.25, 0.3) is 0 Å². The van der Waals surface area contributed by atoms with Gasteiger partial charge in [0.15, 0.2) is 0 Å². The third-order valence-electron chi connectivity index (χ3n) is 4.45. The van der Waals surface area contributed by atoms with Crippen LogP contribution in [0.3, 0.4) is 0 Å². The molecule has 3 atom stereocenters. The van der Waals surface area contributed by atoms with E-state index in [1.165, 1.54) is 12.5 Å². The molecule has 20 heavy (non-hydrogen) atoms. The molecule has 110 valence electrons. The number of benzene rings is 1. The summed E-state index contributed by atoms with van der Waals surface area (Å²) in [7, 11) is 0. The predicted octanol–water partition coefficient (Wildman–Crippen LogP) is 3.94. The summed E-state index contributed by atoms with van der Waals surface area (Å²) in [5.41, 5.74) is 7.06. The maximum absolute atomic E-state index is 11.1. The Morgan fingerprint density at radius 1 is 1.45 bits per heavy atom. The van der Waals surface area contributed by atoms with Crippen LogP contribution in [-0.2, 0) is 6.42 Å². The van der Waals surface area contributed by atoms with Gasteiger partial charge in [-0.25, -0.2) is 0 Å². The Bertz CT molecular complexity index is 493. The summed E-state index contributed by atoms with van der Waals surface area (Å²) in [6.07, 6.45) is 5.09. The zero-order chi connectivity index (χ0) is 14.7. The highest BCUT2D eigenvalue weighted by atomic mass is 35.5. The van der Waals surface area contributed by atoms with Crippen LogP contribution in [0.4, 0.5) is 5.69 Å². The molecule has 0 radical (unpaired) electrons. The Morgan fingerprint density at radius 2 is 2.20 bits per heavy atom. The zero-order valence-electron chi connectivity index (χ0n) is 11.7. The van der Waals surface area contributed by atoms with Crippen LogP contribution >= 0.6 is 11.6 Å². The van der Waals surface area contributed by atoms with Gasteiger partial charge in [0.25, 0.3) is 5.69 Å². The van der Waals surface area contributed by atoms with Crippen molar-refractivity contribution in [1.82, 2.24) is 0 Å². The first kappa shape index (κ1) is 15.3. The molecule has 1 saturated carbocycles. The van der Waals surface area contributed by atoms with Crippen LogP contribution in [0.5, 0.6) is 0 Å². The average Bonchev–Trinajstić information content (AvgIpc) is 2.42. The van der Waals surface area contributed by atoms with Gasteiger partial charge in [-0.2, -0.15) is 0 Å². The first-order valence-electron chi connectivity index (χ1n) is 7.19. The van der Waals surface area contributed by atoms with Crippen molar-refractivity contribution >= 4 is 17.3 Å². The van der Waals surface area contributed by atoms with E-state index in [1.807, 2.05) is 0 Å². The van der Waals surface area contributed by atoms with Crippen molar-refractivity contribution in [1.29, 1.82) is 0 Å². The molecule has 0 aromatic heterocycles. The van der Waals surface area contributed by atoms with Crippen molar-refractivity contribution in [3.8, 4) is 0 Å². The number of nitro benzene ring substituents is 1. The molecule has 5 heteroatoms. The van der Waals surface area contributed by atoms with Crippen LogP contribution in [0.1, 0.15) is 38.2 Å². The first-order valence-corrected chi connectivity index (χ1v) is 7.57. The van der Waals surface area contributed by atoms with Crippen molar-refractivity contribution in [2.75, 3.05) is 0 Å². The summed E-state index contributed by atoms with van der Waals surface area (Å²) in [5.74, 6) is 1.03. The predicted molar refractivity (Wildman–Crippen MR) is 80.9 cm³/mol. The quantitative estimate of drug-likeness (QED) is 0.675. The van der Waals surface area contributed by atoms with Crippen LogP contribution < -0.4 is 5.73 Å². The van der Waals surface area contributed by atoms with Gasteiger partial charge in [-0.3, -0.25) is 10.1 Å². The molecule has 2 N–H and O–H groups in total. The molecular formula is C15H21ClN2O2. The van der Waals surface area contributed by atoms with Gasteiger partial charge in [0, 0.05) is 22.7 Å². The molecule has 0 heterocycles. The molecule has 1 aromatic rings. The number of nitrogens with two attached hydrogens (primary N) is 1. The Morgan fingerprint density at radius 3 is 2.85 bits per heavy atom. The maximum atomic E-state index is 11.1. The fourth-order valence-corrected chi connectivity index (χ4v) is 3.32. The fraction of sp³-hybridized carbons (Fsp3) is 0.600. The Kier molecular flexibility index (Phi) is 5.00. The van der Waals surface area contributed by atoms with Gasteiger partial charge in [0.1, 0.15) is 0 Å². The van der Waals surface area contributed by atoms with Crippen molar-refractivity contribution in [3.63, 3.8) is 0 Å². The third-order valence-corrected chi connectivity index (χ3v) is 4.69. The number of nitrogens with zero attached hydrogens (tertiary/aromatic N) is 1. The van der Waals surface area contributed by atoms with Crippen molar-refractivity contribution in [2.24, 2.45) is 17.6 Å². The number of rotatable bonds is 4. The minimum atomic E-state index is -0.354. The van der Waals surface area contributed by atoms with E-state index < -0.39 is 0 Å². The highest BCUT2D eigenvalue weighted by Gasteiger charge is 2.29. The zero-order valence-corrected chi connectivity index (χ0v) is 12.5. The van der Waals surface area contributed by atoms with E-state index >= 15 is 0 Å². The Labute approximate surface area is 124 Å². The summed E-state index contributed by atoms with van der Waals surface area (Å²) in [5, 5.41) is 11.5. The number of nitro groups is 1. The van der Waals surface area contributed by atoms with Gasteiger partial charge < -0.3 is 5.73 Å². The van der Waals surface area contributed by atoms with Crippen molar-refractivity contribution in [2.45, 2.75) is 45.1 Å². The summed E-state index contributed by atoms with van der Waals surface area (Å²) in [4.78, 5) is 10.8. The van der Waals surface area contributed by atoms with E-state index in [4.69, 9.17) is 17.3 Å². The second kappa shape index (κ2) is 6.55. The molecule has 0 saturated heterocycles. The third kappa shape index (κ3) is 3.49. The van der Waals surface area contributed by atoms with Crippen LogP contribution in [0.2, 0.25) is 5.02 Å². The second-order valence-electron chi connectivity index (χ2n) is 5.75. The summed E-state index contributed by atoms with van der Waals surface area (Å²) in [6, 6.07) is 5.06. The lowest BCUT2D eigenvalue weighted by molar-refractivity contribution is -0.385. The van der Waals surface area contributed by atoms with Crippen LogP contribution in [0, 0.1) is 22.0 Å². The molecule has 0 amide bonds. The van der Waals surface area contributed by atoms with Gasteiger partial charge in [-0.15, -0.1) is 0 Å². The van der Waals surface area contributed by atoms with Gasteiger partial charge in [-0.05, 0) is 43.6 Å². The summed E-state index contributed by atoms with van der Waals surface area (Å²) < 4.78 is 0. The lowest BCUT2D eigenvalue weighted by Gasteiger charge is -2.33. The highest BCUT2D eigenvalue weighted by molar-refractivity contribution is 6.30. The molecule has 0 spiro atoms. The van der Waals surface area contributed by atoms with E-state index in [1.54, 1.807) is 12.1 Å². The summed E-state index contributed by atoms with van der Waals surface area (Å²) >= 11 is 5.85. The molecule has 1 aliphatic rings. The van der Waals surface area contributed by atoms with E-state index in [0.29, 0.717) is 23.3 Å². The van der Waals surface area contributed by atoms with Crippen LogP contribution in [0.15, 0.2) is 18.2 Å². The average molecular weight is 297 g/mol. The van der Waals surface area contributed by atoms with Gasteiger partial charge in [-0.1, -0.05) is 31.0 Å². The SMILES string of the molecule is CCC1CCC(N)C(Cc2ccc(Cl)cc2[N+](=O)[O-])C1. The van der Waals surface area contributed by atoms with Crippen LogP contribution in [-0.4, -0.2) is 11.0 Å². The maximum Gasteiger partial charge on any atom is 0.274 e. The second-order valence-corrected chi connectivity index (χ2v) is 6.18. The minimum absolute atomic E-state index is 0.114. The Hall–Kier alpha value is -1.13. The minimum Gasteiger partial charge on any atom is -0.327 e. The molecule has 1 aliphatic carbocycles. The number of hydrogen-bond donors (Lipinski definition) is 1. The fourth-order valence-electron chi connectivity index (χ4n) is 3.15. The monoisotopic (exact) mass is 296 g/mol. The standard InChI is InChI=1S/C15H21ClN2O2/c1-2-10-3-6-14(17)12(7-10)8-11-4-5-13(16)9-15(11)18(19)20/h4-5,9-10,12,14H,2-3,6-8,17H2,1H3. The molecule has 4 nitrogen and oxygen atoms in total. The highest BCUT2D eigenvalue weighted by Crippen LogP contribution is 2.34. The van der Waals surface area contributed by atoms with E-state index in [9.17, 15) is 10.1 Å². The van der Waals surface area contributed by atoms with E-state index in [-0.39, 0.29) is 16.7 Å². The summed E-state index contributed by atoms with van der Waals surface area (Å²) in [6.45, 7) is 2.20. The van der Waals surface area contributed by atoms with E-state index in [2.05, 4.69) is 6.92 Å². The van der Waals surface area contributed by atoms with E-state index in [0.717, 1.165) is 24.8 Å². The largest absolute Gasteiger partial charge is 0.327 e. The van der Waals surface area contributed by atoms with Crippen molar-refractivity contribution in [3.05, 3.63) is 38.9 Å².